The van der Waals surface area contributed by atoms with E-state index in [2.05, 4.69) is 0 Å². The quantitative estimate of drug-likeness (QED) is 0.914. The van der Waals surface area contributed by atoms with E-state index in [0.717, 1.165) is 30.4 Å². The summed E-state index contributed by atoms with van der Waals surface area (Å²) in [5, 5.41) is 10.4. The van der Waals surface area contributed by atoms with E-state index >= 15 is 0 Å². The molecule has 0 unspecified atom stereocenters. The molecule has 1 fully saturated rings. The zero-order valence-electron chi connectivity index (χ0n) is 12.8. The first-order valence-corrected chi connectivity index (χ1v) is 8.33. The van der Waals surface area contributed by atoms with Crippen LogP contribution in [0, 0.1) is 0 Å². The average Bonchev–Trinajstić information content (AvgIpc) is 2.87. The molecule has 1 saturated carbocycles. The second kappa shape index (κ2) is 5.99. The van der Waals surface area contributed by atoms with Crippen LogP contribution in [-0.2, 0) is 16.6 Å². The number of rotatable bonds is 3. The van der Waals surface area contributed by atoms with E-state index in [1.54, 1.807) is 6.07 Å². The second-order valence-electron chi connectivity index (χ2n) is 6.04. The molecular formula is C17H21ClO4. The number of halogens is 1. The van der Waals surface area contributed by atoms with Crippen molar-refractivity contribution in [2.24, 2.45) is 0 Å². The van der Waals surface area contributed by atoms with Gasteiger partial charge in [-0.05, 0) is 24.8 Å². The Labute approximate surface area is 135 Å². The number of carboxylic acid groups (broad SMARTS) is 1. The molecule has 1 aromatic rings. The van der Waals surface area contributed by atoms with E-state index in [1.807, 2.05) is 6.92 Å². The molecule has 1 aliphatic carbocycles. The smallest absolute Gasteiger partial charge is 0.314 e. The van der Waals surface area contributed by atoms with Gasteiger partial charge in [-0.25, -0.2) is 0 Å². The van der Waals surface area contributed by atoms with E-state index < -0.39 is 11.4 Å². The van der Waals surface area contributed by atoms with Crippen LogP contribution in [0.4, 0.5) is 0 Å². The highest BCUT2D eigenvalue weighted by atomic mass is 35.5. The van der Waals surface area contributed by atoms with Gasteiger partial charge in [-0.3, -0.25) is 4.79 Å². The Hall–Kier alpha value is -1.42. The second-order valence-corrected chi connectivity index (χ2v) is 6.44. The number of carbonyl (C=O) groups is 1. The summed E-state index contributed by atoms with van der Waals surface area (Å²) in [5.74, 6) is 0.546. The van der Waals surface area contributed by atoms with Crippen molar-refractivity contribution in [1.82, 2.24) is 0 Å². The molecule has 1 aliphatic heterocycles. The Kier molecular flexibility index (Phi) is 4.22. The summed E-state index contributed by atoms with van der Waals surface area (Å²) in [6, 6.07) is 1.74. The fraction of sp³-hybridized carbons (Fsp3) is 0.588. The molecule has 120 valence electrons. The Bertz CT molecular complexity index is 591. The van der Waals surface area contributed by atoms with Crippen LogP contribution < -0.4 is 9.47 Å². The summed E-state index contributed by atoms with van der Waals surface area (Å²) >= 11 is 6.51. The molecule has 1 N–H and O–H groups in total. The Balaban J connectivity index is 2.23. The monoisotopic (exact) mass is 324 g/mol. The third-order valence-electron chi connectivity index (χ3n) is 4.79. The van der Waals surface area contributed by atoms with Crippen LogP contribution in [0.2, 0.25) is 5.02 Å². The lowest BCUT2D eigenvalue weighted by Crippen LogP contribution is -2.34. The topological polar surface area (TPSA) is 55.8 Å². The molecule has 0 saturated heterocycles. The fourth-order valence-corrected chi connectivity index (χ4v) is 4.14. The van der Waals surface area contributed by atoms with E-state index in [1.165, 1.54) is 0 Å². The highest BCUT2D eigenvalue weighted by Crippen LogP contribution is 2.50. The van der Waals surface area contributed by atoms with Gasteiger partial charge in [0.05, 0.1) is 18.6 Å². The molecule has 3 rings (SSSR count). The Morgan fingerprint density at radius 1 is 1.27 bits per heavy atom. The van der Waals surface area contributed by atoms with Crippen molar-refractivity contribution in [2.45, 2.75) is 50.9 Å². The maximum Gasteiger partial charge on any atom is 0.314 e. The van der Waals surface area contributed by atoms with Gasteiger partial charge < -0.3 is 14.6 Å². The van der Waals surface area contributed by atoms with Gasteiger partial charge in [0.25, 0.3) is 0 Å². The van der Waals surface area contributed by atoms with Crippen LogP contribution in [0.15, 0.2) is 6.07 Å². The van der Waals surface area contributed by atoms with Crippen LogP contribution in [0.3, 0.4) is 0 Å². The first-order valence-electron chi connectivity index (χ1n) is 7.95. The minimum Gasteiger partial charge on any atom is -0.489 e. The average molecular weight is 325 g/mol. The zero-order chi connectivity index (χ0) is 15.7. The molecule has 0 atom stereocenters. The lowest BCUT2D eigenvalue weighted by molar-refractivity contribution is -0.143. The maximum atomic E-state index is 12.0. The van der Waals surface area contributed by atoms with Gasteiger partial charge in [0.1, 0.15) is 0 Å². The summed E-state index contributed by atoms with van der Waals surface area (Å²) < 4.78 is 11.6. The summed E-state index contributed by atoms with van der Waals surface area (Å²) in [5.41, 5.74) is 0.757. The van der Waals surface area contributed by atoms with Crippen molar-refractivity contribution < 1.29 is 19.4 Å². The molecule has 2 aliphatic rings. The number of hydrogen-bond acceptors (Lipinski definition) is 3. The summed E-state index contributed by atoms with van der Waals surface area (Å²) in [4.78, 5) is 12.0. The maximum absolute atomic E-state index is 12.0. The molecule has 0 bridgehead atoms. The number of carboxylic acids is 1. The number of fused-ring (bicyclic) bond motifs is 1. The standard InChI is InChI=1S/C17H21ClO4/c1-2-11-14(17(16(19)20)6-3-4-7-17)12(18)10-13-15(11)22-9-5-8-21-13/h10H,2-9H2,1H3,(H,19,20). The van der Waals surface area contributed by atoms with E-state index in [9.17, 15) is 9.90 Å². The summed E-state index contributed by atoms with van der Waals surface area (Å²) in [7, 11) is 0. The number of hydrogen-bond donors (Lipinski definition) is 1. The first-order chi connectivity index (χ1) is 10.6. The van der Waals surface area contributed by atoms with Crippen molar-refractivity contribution in [3.8, 4) is 11.5 Å². The molecule has 1 heterocycles. The van der Waals surface area contributed by atoms with E-state index in [4.69, 9.17) is 21.1 Å². The first kappa shape index (κ1) is 15.5. The van der Waals surface area contributed by atoms with Crippen LogP contribution in [-0.4, -0.2) is 24.3 Å². The summed E-state index contributed by atoms with van der Waals surface area (Å²) in [6.07, 6.45) is 4.59. The molecule has 0 radical (unpaired) electrons. The van der Waals surface area contributed by atoms with E-state index in [-0.39, 0.29) is 0 Å². The molecule has 22 heavy (non-hydrogen) atoms. The lowest BCUT2D eigenvalue weighted by atomic mass is 9.75. The minimum absolute atomic E-state index is 0.491. The van der Waals surface area contributed by atoms with Gasteiger partial charge >= 0.3 is 5.97 Å². The third kappa shape index (κ3) is 2.34. The van der Waals surface area contributed by atoms with Gasteiger partial charge in [0, 0.05) is 23.1 Å². The van der Waals surface area contributed by atoms with Crippen LogP contribution in [0.25, 0.3) is 0 Å². The highest BCUT2D eigenvalue weighted by Gasteiger charge is 2.46. The Morgan fingerprint density at radius 2 is 1.95 bits per heavy atom. The largest absolute Gasteiger partial charge is 0.489 e. The molecule has 0 aromatic heterocycles. The number of aliphatic carboxylic acids is 1. The van der Waals surface area contributed by atoms with Crippen LogP contribution >= 0.6 is 11.6 Å². The predicted octanol–water partition coefficient (Wildman–Crippen LogP) is 3.96. The fourth-order valence-electron chi connectivity index (χ4n) is 3.74. The van der Waals surface area contributed by atoms with Crippen molar-refractivity contribution in [2.75, 3.05) is 13.2 Å². The number of ether oxygens (including phenoxy) is 2. The van der Waals surface area contributed by atoms with Crippen LogP contribution in [0.1, 0.15) is 50.2 Å². The molecule has 0 amide bonds. The van der Waals surface area contributed by atoms with Gasteiger partial charge in [-0.1, -0.05) is 31.4 Å². The van der Waals surface area contributed by atoms with Gasteiger partial charge in [0.15, 0.2) is 11.5 Å². The Morgan fingerprint density at radius 3 is 2.59 bits per heavy atom. The predicted molar refractivity (Wildman–Crippen MR) is 84.2 cm³/mol. The molecule has 1 aromatic carbocycles. The minimum atomic E-state index is -0.882. The van der Waals surface area contributed by atoms with Crippen molar-refractivity contribution in [1.29, 1.82) is 0 Å². The number of benzene rings is 1. The SMILES string of the molecule is CCc1c2c(cc(Cl)c1C1(C(=O)O)CCCC1)OCCCO2. The molecule has 5 heteroatoms. The summed E-state index contributed by atoms with van der Waals surface area (Å²) in [6.45, 7) is 3.19. The lowest BCUT2D eigenvalue weighted by Gasteiger charge is -2.29. The highest BCUT2D eigenvalue weighted by molar-refractivity contribution is 6.32. The van der Waals surface area contributed by atoms with Gasteiger partial charge in [-0.2, -0.15) is 0 Å². The van der Waals surface area contributed by atoms with E-state index in [0.29, 0.717) is 49.0 Å². The third-order valence-corrected chi connectivity index (χ3v) is 5.09. The molecule has 4 nitrogen and oxygen atoms in total. The van der Waals surface area contributed by atoms with Crippen molar-refractivity contribution >= 4 is 17.6 Å². The molecular weight excluding hydrogens is 304 g/mol. The zero-order valence-corrected chi connectivity index (χ0v) is 13.5. The van der Waals surface area contributed by atoms with Gasteiger partial charge in [0.2, 0.25) is 0 Å². The van der Waals surface area contributed by atoms with Crippen molar-refractivity contribution in [3.05, 3.63) is 22.2 Å². The van der Waals surface area contributed by atoms with Crippen LogP contribution in [0.5, 0.6) is 11.5 Å². The normalized spacial score (nSPS) is 19.7. The van der Waals surface area contributed by atoms with Crippen molar-refractivity contribution in [3.63, 3.8) is 0 Å². The molecule has 0 spiro atoms. The van der Waals surface area contributed by atoms with Gasteiger partial charge in [-0.15, -0.1) is 0 Å².